The van der Waals surface area contributed by atoms with E-state index in [1.165, 1.54) is 0 Å². The van der Waals surface area contributed by atoms with Crippen molar-refractivity contribution in [2.75, 3.05) is 5.75 Å². The zero-order chi connectivity index (χ0) is 13.7. The third kappa shape index (κ3) is 4.68. The Kier molecular flexibility index (Phi) is 5.49. The van der Waals surface area contributed by atoms with E-state index >= 15 is 0 Å². The molecule has 0 aromatic heterocycles. The van der Waals surface area contributed by atoms with E-state index in [-0.39, 0.29) is 5.78 Å². The lowest BCUT2D eigenvalue weighted by atomic mass is 10.1. The minimum atomic E-state index is 0.179. The second kappa shape index (κ2) is 7.13. The van der Waals surface area contributed by atoms with Gasteiger partial charge >= 0.3 is 0 Å². The average molecular weight is 356 g/mol. The number of hydrogen-bond donors (Lipinski definition) is 0. The van der Waals surface area contributed by atoms with E-state index in [9.17, 15) is 4.79 Å². The Morgan fingerprint density at radius 2 is 1.95 bits per heavy atom. The number of thioether (sulfide) groups is 1. The number of Topliss-reactive ketones (excluding diaryl/α,β-unsaturated/α-hetero) is 1. The molecule has 0 aliphatic heterocycles. The summed E-state index contributed by atoms with van der Waals surface area (Å²) in [5, 5.41) is 0.656. The van der Waals surface area contributed by atoms with Crippen LogP contribution in [0.4, 0.5) is 0 Å². The van der Waals surface area contributed by atoms with Gasteiger partial charge in [0.1, 0.15) is 5.78 Å². The fraction of sp³-hybridized carbons (Fsp3) is 0.133. The summed E-state index contributed by atoms with van der Waals surface area (Å²) in [4.78, 5) is 13.0. The Balaban J connectivity index is 1.90. The highest BCUT2D eigenvalue weighted by Gasteiger charge is 2.07. The monoisotopic (exact) mass is 354 g/mol. The predicted molar refractivity (Wildman–Crippen MR) is 85.0 cm³/mol. The number of benzene rings is 2. The van der Waals surface area contributed by atoms with Crippen LogP contribution < -0.4 is 0 Å². The van der Waals surface area contributed by atoms with Gasteiger partial charge in [0, 0.05) is 20.8 Å². The van der Waals surface area contributed by atoms with Gasteiger partial charge in [0.2, 0.25) is 0 Å². The normalized spacial score (nSPS) is 10.4. The van der Waals surface area contributed by atoms with E-state index in [4.69, 9.17) is 11.6 Å². The van der Waals surface area contributed by atoms with Crippen LogP contribution in [0.3, 0.4) is 0 Å². The van der Waals surface area contributed by atoms with Gasteiger partial charge < -0.3 is 0 Å². The molecule has 0 N–H and O–H groups in total. The average Bonchev–Trinajstić information content (AvgIpc) is 2.39. The lowest BCUT2D eigenvalue weighted by Gasteiger charge is -2.04. The van der Waals surface area contributed by atoms with Crippen LogP contribution in [0.1, 0.15) is 5.56 Å². The standard InChI is InChI=1S/C15H12BrClOS/c16-12-5-3-6-14(9-12)19-10-13(18)8-11-4-1-2-7-15(11)17/h1-7,9H,8,10H2. The lowest BCUT2D eigenvalue weighted by molar-refractivity contribution is -0.116. The molecule has 0 aliphatic carbocycles. The van der Waals surface area contributed by atoms with Gasteiger partial charge in [-0.1, -0.05) is 51.8 Å². The summed E-state index contributed by atoms with van der Waals surface area (Å²) < 4.78 is 1.02. The minimum absolute atomic E-state index is 0.179. The topological polar surface area (TPSA) is 17.1 Å². The van der Waals surface area contributed by atoms with Crippen molar-refractivity contribution in [1.82, 2.24) is 0 Å². The van der Waals surface area contributed by atoms with Crippen LogP contribution in [-0.4, -0.2) is 11.5 Å². The van der Waals surface area contributed by atoms with Crippen molar-refractivity contribution in [2.45, 2.75) is 11.3 Å². The van der Waals surface area contributed by atoms with Crippen molar-refractivity contribution in [2.24, 2.45) is 0 Å². The van der Waals surface area contributed by atoms with Crippen molar-refractivity contribution in [1.29, 1.82) is 0 Å². The summed E-state index contributed by atoms with van der Waals surface area (Å²) in [5.41, 5.74) is 0.893. The van der Waals surface area contributed by atoms with E-state index < -0.39 is 0 Å². The highest BCUT2D eigenvalue weighted by molar-refractivity contribution is 9.10. The number of hydrogen-bond acceptors (Lipinski definition) is 2. The van der Waals surface area contributed by atoms with Gasteiger partial charge in [0.05, 0.1) is 5.75 Å². The van der Waals surface area contributed by atoms with E-state index in [0.29, 0.717) is 17.2 Å². The van der Waals surface area contributed by atoms with E-state index in [2.05, 4.69) is 15.9 Å². The lowest BCUT2D eigenvalue weighted by Crippen LogP contribution is -2.05. The minimum Gasteiger partial charge on any atom is -0.298 e. The quantitative estimate of drug-likeness (QED) is 0.702. The summed E-state index contributed by atoms with van der Waals surface area (Å²) in [6.07, 6.45) is 0.390. The molecule has 0 atom stereocenters. The van der Waals surface area contributed by atoms with E-state index in [1.807, 2.05) is 48.5 Å². The first-order valence-corrected chi connectivity index (χ1v) is 7.94. The fourth-order valence-corrected chi connectivity index (χ4v) is 3.19. The summed E-state index contributed by atoms with van der Waals surface area (Å²) in [5.74, 6) is 0.639. The van der Waals surface area contributed by atoms with Crippen LogP contribution in [0.2, 0.25) is 5.02 Å². The largest absolute Gasteiger partial charge is 0.298 e. The molecular formula is C15H12BrClOS. The molecule has 0 heterocycles. The van der Waals surface area contributed by atoms with Crippen LogP contribution in [0.15, 0.2) is 57.9 Å². The Hall–Kier alpha value is -0.770. The molecule has 0 radical (unpaired) electrons. The summed E-state index contributed by atoms with van der Waals surface area (Å²) in [6.45, 7) is 0. The molecule has 2 rings (SSSR count). The third-order valence-electron chi connectivity index (χ3n) is 2.54. The first-order chi connectivity index (χ1) is 9.15. The molecule has 0 aliphatic rings. The van der Waals surface area contributed by atoms with E-state index in [0.717, 1.165) is 14.9 Å². The van der Waals surface area contributed by atoms with Crippen molar-refractivity contribution in [3.8, 4) is 0 Å². The number of carbonyl (C=O) groups excluding carboxylic acids is 1. The van der Waals surface area contributed by atoms with E-state index in [1.54, 1.807) is 11.8 Å². The van der Waals surface area contributed by atoms with Gasteiger partial charge in [0.15, 0.2) is 0 Å². The third-order valence-corrected chi connectivity index (χ3v) is 4.46. The number of carbonyl (C=O) groups is 1. The van der Waals surface area contributed by atoms with Crippen molar-refractivity contribution in [3.63, 3.8) is 0 Å². The molecule has 0 saturated heterocycles. The molecular weight excluding hydrogens is 344 g/mol. The number of halogens is 2. The first kappa shape index (κ1) is 14.6. The molecule has 98 valence electrons. The predicted octanol–water partition coefficient (Wildman–Crippen LogP) is 5.01. The van der Waals surface area contributed by atoms with Crippen LogP contribution in [0.5, 0.6) is 0 Å². The Morgan fingerprint density at radius 1 is 1.16 bits per heavy atom. The fourth-order valence-electron chi connectivity index (χ4n) is 1.63. The molecule has 0 amide bonds. The Labute approximate surface area is 130 Å². The Bertz CT molecular complexity index is 586. The maximum absolute atomic E-state index is 11.9. The maximum atomic E-state index is 11.9. The van der Waals surface area contributed by atoms with Crippen LogP contribution in [0.25, 0.3) is 0 Å². The van der Waals surface area contributed by atoms with Crippen molar-refractivity contribution in [3.05, 3.63) is 63.6 Å². The van der Waals surface area contributed by atoms with Gasteiger partial charge in [-0.15, -0.1) is 11.8 Å². The summed E-state index contributed by atoms with van der Waals surface area (Å²) in [6, 6.07) is 15.4. The molecule has 2 aromatic carbocycles. The zero-order valence-corrected chi connectivity index (χ0v) is 13.3. The molecule has 0 bridgehead atoms. The van der Waals surface area contributed by atoms with Gasteiger partial charge in [-0.25, -0.2) is 0 Å². The van der Waals surface area contributed by atoms with Gasteiger partial charge in [-0.2, -0.15) is 0 Å². The summed E-state index contributed by atoms with van der Waals surface area (Å²) >= 11 is 11.0. The molecule has 0 spiro atoms. The highest BCUT2D eigenvalue weighted by atomic mass is 79.9. The van der Waals surface area contributed by atoms with Crippen molar-refractivity contribution < 1.29 is 4.79 Å². The second-order valence-corrected chi connectivity index (χ2v) is 6.42. The van der Waals surface area contributed by atoms with Crippen LogP contribution >= 0.6 is 39.3 Å². The molecule has 1 nitrogen and oxygen atoms in total. The van der Waals surface area contributed by atoms with Crippen molar-refractivity contribution >= 4 is 45.1 Å². The van der Waals surface area contributed by atoms with Gasteiger partial charge in [-0.3, -0.25) is 4.79 Å². The first-order valence-electron chi connectivity index (χ1n) is 5.78. The second-order valence-electron chi connectivity index (χ2n) is 4.05. The smallest absolute Gasteiger partial charge is 0.147 e. The number of ketones is 1. The zero-order valence-electron chi connectivity index (χ0n) is 10.1. The van der Waals surface area contributed by atoms with Gasteiger partial charge in [0.25, 0.3) is 0 Å². The molecule has 19 heavy (non-hydrogen) atoms. The van der Waals surface area contributed by atoms with Crippen LogP contribution in [-0.2, 0) is 11.2 Å². The summed E-state index contributed by atoms with van der Waals surface area (Å²) in [7, 11) is 0. The maximum Gasteiger partial charge on any atom is 0.147 e. The number of rotatable bonds is 5. The molecule has 4 heteroatoms. The molecule has 0 unspecified atom stereocenters. The SMILES string of the molecule is O=C(CSc1cccc(Br)c1)Cc1ccccc1Cl. The molecule has 2 aromatic rings. The van der Waals surface area contributed by atoms with Crippen LogP contribution in [0, 0.1) is 0 Å². The highest BCUT2D eigenvalue weighted by Crippen LogP contribution is 2.23. The molecule has 0 fully saturated rings. The molecule has 0 saturated carbocycles. The Morgan fingerprint density at radius 3 is 2.68 bits per heavy atom. The van der Waals surface area contributed by atoms with Gasteiger partial charge in [-0.05, 0) is 29.8 Å².